The van der Waals surface area contributed by atoms with Gasteiger partial charge in [-0.05, 0) is 17.7 Å². The Hall–Kier alpha value is -2.14. The van der Waals surface area contributed by atoms with Crippen molar-refractivity contribution in [2.24, 2.45) is 0 Å². The summed E-state index contributed by atoms with van der Waals surface area (Å²) in [4.78, 5) is 8.64. The second-order valence-electron chi connectivity index (χ2n) is 4.05. The smallest absolute Gasteiger partial charge is 0.274 e. The summed E-state index contributed by atoms with van der Waals surface area (Å²) in [5, 5.41) is 3.81. The Morgan fingerprint density at radius 2 is 2.16 bits per heavy atom. The highest BCUT2D eigenvalue weighted by molar-refractivity contribution is 7.20. The maximum absolute atomic E-state index is 5.20. The second kappa shape index (κ2) is 4.85. The van der Waals surface area contributed by atoms with Crippen LogP contribution in [-0.4, -0.2) is 24.1 Å². The molecule has 1 aromatic carbocycles. The first-order valence-corrected chi connectivity index (χ1v) is 6.70. The van der Waals surface area contributed by atoms with Gasteiger partial charge in [-0.25, -0.2) is 4.98 Å². The molecule has 0 aliphatic carbocycles. The Bertz CT molecular complexity index is 724. The molecule has 0 amide bonds. The summed E-state index contributed by atoms with van der Waals surface area (Å²) in [5.74, 6) is 0. The van der Waals surface area contributed by atoms with E-state index in [1.165, 1.54) is 11.3 Å². The molecule has 3 rings (SSSR count). The molecule has 0 atom stereocenters. The lowest BCUT2D eigenvalue weighted by molar-refractivity contribution is 0.413. The summed E-state index contributed by atoms with van der Waals surface area (Å²) in [6.45, 7) is 0. The van der Waals surface area contributed by atoms with Crippen LogP contribution in [0, 0.1) is 0 Å². The van der Waals surface area contributed by atoms with E-state index in [9.17, 15) is 0 Å². The Kier molecular flexibility index (Phi) is 3.05. The monoisotopic (exact) mass is 271 g/mol. The topological polar surface area (TPSA) is 47.0 Å². The number of hydrogen-bond donors (Lipinski definition) is 1. The molecule has 19 heavy (non-hydrogen) atoms. The summed E-state index contributed by atoms with van der Waals surface area (Å²) < 4.78 is 6.30. The maximum Gasteiger partial charge on any atom is 0.274 e. The van der Waals surface area contributed by atoms with Crippen LogP contribution in [0.3, 0.4) is 0 Å². The second-order valence-corrected chi connectivity index (χ2v) is 5.01. The average Bonchev–Trinajstić information content (AvgIpc) is 2.90. The minimum Gasteiger partial charge on any atom is -0.473 e. The average molecular weight is 271 g/mol. The fraction of sp³-hybridized carbons (Fsp3) is 0.143. The molecule has 4 nitrogen and oxygen atoms in total. The summed E-state index contributed by atoms with van der Waals surface area (Å²) in [6.07, 6.45) is 3.63. The predicted octanol–water partition coefficient (Wildman–Crippen LogP) is 3.41. The van der Waals surface area contributed by atoms with Crippen LogP contribution in [0.15, 0.2) is 36.7 Å². The predicted molar refractivity (Wildman–Crippen MR) is 78.9 cm³/mol. The first-order chi connectivity index (χ1) is 9.31. The van der Waals surface area contributed by atoms with Crippen molar-refractivity contribution in [3.8, 4) is 16.3 Å². The molecule has 2 aromatic heterocycles. The van der Waals surface area contributed by atoms with Gasteiger partial charge in [0.1, 0.15) is 5.52 Å². The minimum absolute atomic E-state index is 0.661. The molecule has 0 bridgehead atoms. The normalized spacial score (nSPS) is 10.6. The van der Waals surface area contributed by atoms with Crippen LogP contribution in [0.4, 0.5) is 5.69 Å². The van der Waals surface area contributed by atoms with E-state index in [2.05, 4.69) is 27.4 Å². The fourth-order valence-corrected chi connectivity index (χ4v) is 2.85. The molecule has 0 aliphatic heterocycles. The van der Waals surface area contributed by atoms with Gasteiger partial charge in [-0.15, -0.1) is 0 Å². The summed E-state index contributed by atoms with van der Waals surface area (Å²) in [5.41, 5.74) is 4.15. The van der Waals surface area contributed by atoms with Crippen molar-refractivity contribution in [1.82, 2.24) is 9.97 Å². The van der Waals surface area contributed by atoms with Crippen LogP contribution in [-0.2, 0) is 0 Å². The van der Waals surface area contributed by atoms with Gasteiger partial charge in [-0.2, -0.15) is 0 Å². The van der Waals surface area contributed by atoms with E-state index in [1.807, 2.05) is 25.4 Å². The van der Waals surface area contributed by atoms with Crippen molar-refractivity contribution in [3.05, 3.63) is 36.7 Å². The molecule has 0 saturated heterocycles. The Labute approximate surface area is 115 Å². The molecule has 0 spiro atoms. The summed E-state index contributed by atoms with van der Waals surface area (Å²) in [7, 11) is 3.54. The van der Waals surface area contributed by atoms with Crippen molar-refractivity contribution in [1.29, 1.82) is 0 Å². The Morgan fingerprint density at radius 1 is 1.26 bits per heavy atom. The van der Waals surface area contributed by atoms with Crippen LogP contribution in [0.5, 0.6) is 5.19 Å². The summed E-state index contributed by atoms with van der Waals surface area (Å²) >= 11 is 1.54. The first kappa shape index (κ1) is 11.9. The van der Waals surface area contributed by atoms with E-state index >= 15 is 0 Å². The molecule has 0 unspecified atom stereocenters. The van der Waals surface area contributed by atoms with Crippen molar-refractivity contribution < 1.29 is 4.74 Å². The van der Waals surface area contributed by atoms with E-state index in [-0.39, 0.29) is 0 Å². The van der Waals surface area contributed by atoms with Gasteiger partial charge in [-0.1, -0.05) is 23.5 Å². The molecule has 3 aromatic rings. The molecule has 0 aliphatic rings. The number of ether oxygens (including phenoxy) is 1. The molecule has 0 radical (unpaired) electrons. The largest absolute Gasteiger partial charge is 0.473 e. The third kappa shape index (κ3) is 2.13. The minimum atomic E-state index is 0.661. The highest BCUT2D eigenvalue weighted by atomic mass is 32.1. The van der Waals surface area contributed by atoms with Crippen molar-refractivity contribution >= 4 is 27.2 Å². The van der Waals surface area contributed by atoms with Gasteiger partial charge in [0.2, 0.25) is 0 Å². The van der Waals surface area contributed by atoms with Crippen LogP contribution >= 0.6 is 11.3 Å². The molecule has 2 heterocycles. The van der Waals surface area contributed by atoms with Gasteiger partial charge in [0.25, 0.3) is 5.19 Å². The lowest BCUT2D eigenvalue weighted by atomic mass is 10.1. The Morgan fingerprint density at radius 3 is 2.95 bits per heavy atom. The van der Waals surface area contributed by atoms with E-state index in [0.717, 1.165) is 27.0 Å². The number of fused-ring (bicyclic) bond motifs is 1. The van der Waals surface area contributed by atoms with Crippen molar-refractivity contribution in [3.63, 3.8) is 0 Å². The number of aromatic nitrogens is 2. The first-order valence-electron chi connectivity index (χ1n) is 5.88. The number of nitrogens with one attached hydrogen (secondary N) is 1. The molecule has 1 N–H and O–H groups in total. The number of rotatable bonds is 3. The standard InChI is InChI=1S/C14H13N3OS/c1-15-10-5-3-4-9(6-10)11-7-16-8-12-13(11)19-14(17-12)18-2/h3-8,15H,1-2H3. The number of methoxy groups -OCH3 is 1. The number of hydrogen-bond acceptors (Lipinski definition) is 5. The van der Waals surface area contributed by atoms with E-state index < -0.39 is 0 Å². The highest BCUT2D eigenvalue weighted by Crippen LogP contribution is 2.35. The number of nitrogens with zero attached hydrogens (tertiary/aromatic N) is 2. The number of thiazole rings is 1. The van der Waals surface area contributed by atoms with Gasteiger partial charge in [0.15, 0.2) is 0 Å². The molecule has 5 heteroatoms. The molecule has 0 saturated carbocycles. The van der Waals surface area contributed by atoms with E-state index in [1.54, 1.807) is 13.3 Å². The third-order valence-corrected chi connectivity index (χ3v) is 3.98. The third-order valence-electron chi connectivity index (χ3n) is 2.92. The van der Waals surface area contributed by atoms with E-state index in [4.69, 9.17) is 4.74 Å². The van der Waals surface area contributed by atoms with Gasteiger partial charge in [-0.3, -0.25) is 4.98 Å². The van der Waals surface area contributed by atoms with Gasteiger partial charge < -0.3 is 10.1 Å². The van der Waals surface area contributed by atoms with Gasteiger partial charge in [0, 0.05) is 24.5 Å². The highest BCUT2D eigenvalue weighted by Gasteiger charge is 2.10. The molecular formula is C14H13N3OS. The zero-order valence-corrected chi connectivity index (χ0v) is 11.5. The van der Waals surface area contributed by atoms with Crippen molar-refractivity contribution in [2.45, 2.75) is 0 Å². The number of anilines is 1. The number of benzene rings is 1. The maximum atomic E-state index is 5.20. The fourth-order valence-electron chi connectivity index (χ4n) is 1.97. The number of pyridine rings is 1. The quantitative estimate of drug-likeness (QED) is 0.793. The SMILES string of the molecule is CNc1cccc(-c2cncc3nc(OC)sc23)c1. The van der Waals surface area contributed by atoms with Crippen molar-refractivity contribution in [2.75, 3.05) is 19.5 Å². The summed E-state index contributed by atoms with van der Waals surface area (Å²) in [6, 6.07) is 8.23. The molecular weight excluding hydrogens is 258 g/mol. The van der Waals surface area contributed by atoms with Gasteiger partial charge in [0.05, 0.1) is 18.0 Å². The van der Waals surface area contributed by atoms with Crippen LogP contribution in [0.1, 0.15) is 0 Å². The van der Waals surface area contributed by atoms with Gasteiger partial charge >= 0.3 is 0 Å². The van der Waals surface area contributed by atoms with Crippen LogP contribution in [0.2, 0.25) is 0 Å². The zero-order chi connectivity index (χ0) is 13.2. The van der Waals surface area contributed by atoms with Crippen LogP contribution < -0.4 is 10.1 Å². The lowest BCUT2D eigenvalue weighted by Crippen LogP contribution is -1.88. The van der Waals surface area contributed by atoms with E-state index in [0.29, 0.717) is 5.19 Å². The Balaban J connectivity index is 2.20. The van der Waals surface area contributed by atoms with Crippen LogP contribution in [0.25, 0.3) is 21.3 Å². The molecule has 96 valence electrons. The lowest BCUT2D eigenvalue weighted by Gasteiger charge is -2.05. The zero-order valence-electron chi connectivity index (χ0n) is 10.7. The molecule has 0 fully saturated rings.